The van der Waals surface area contributed by atoms with Gasteiger partial charge in [-0.1, -0.05) is 19.4 Å². The fourth-order valence-electron chi connectivity index (χ4n) is 1.19. The van der Waals surface area contributed by atoms with Crippen LogP contribution in [-0.2, 0) is 0 Å². The predicted octanol–water partition coefficient (Wildman–Crippen LogP) is 3.23. The maximum atomic E-state index is 3.35. The number of rotatable bonds is 6. The average molecular weight is 215 g/mol. The van der Waals surface area contributed by atoms with E-state index in [9.17, 15) is 0 Å². The molecule has 1 unspecified atom stereocenters. The van der Waals surface area contributed by atoms with Gasteiger partial charge in [-0.15, -0.1) is 23.1 Å². The van der Waals surface area contributed by atoms with E-state index in [1.54, 1.807) is 0 Å². The number of thiophene rings is 1. The molecule has 1 aromatic heterocycles. The smallest absolute Gasteiger partial charge is 0.0599 e. The van der Waals surface area contributed by atoms with Crippen molar-refractivity contribution in [3.05, 3.63) is 17.5 Å². The largest absolute Gasteiger partial charge is 0.316 e. The van der Waals surface area contributed by atoms with Crippen LogP contribution in [0.3, 0.4) is 0 Å². The molecule has 0 saturated carbocycles. The Morgan fingerprint density at radius 2 is 2.46 bits per heavy atom. The second kappa shape index (κ2) is 6.46. The van der Waals surface area contributed by atoms with Gasteiger partial charge in [-0.3, -0.25) is 0 Å². The van der Waals surface area contributed by atoms with E-state index < -0.39 is 0 Å². The lowest BCUT2D eigenvalue weighted by Gasteiger charge is -2.13. The van der Waals surface area contributed by atoms with Gasteiger partial charge in [0.25, 0.3) is 0 Å². The Morgan fingerprint density at radius 3 is 3.00 bits per heavy atom. The zero-order valence-electron chi connectivity index (χ0n) is 8.25. The third-order valence-electron chi connectivity index (χ3n) is 1.97. The topological polar surface area (TPSA) is 12.0 Å². The van der Waals surface area contributed by atoms with E-state index in [2.05, 4.69) is 36.8 Å². The van der Waals surface area contributed by atoms with Crippen molar-refractivity contribution in [3.8, 4) is 0 Å². The van der Waals surface area contributed by atoms with Crippen molar-refractivity contribution in [2.75, 3.05) is 12.8 Å². The monoisotopic (exact) mass is 215 g/mol. The third kappa shape index (κ3) is 4.16. The highest BCUT2D eigenvalue weighted by molar-refractivity contribution is 8.01. The minimum absolute atomic E-state index is 0.664. The molecule has 0 aliphatic heterocycles. The summed E-state index contributed by atoms with van der Waals surface area (Å²) in [5, 5.41) is 5.48. The van der Waals surface area contributed by atoms with Gasteiger partial charge in [-0.25, -0.2) is 0 Å². The van der Waals surface area contributed by atoms with Crippen molar-refractivity contribution in [3.63, 3.8) is 0 Å². The van der Waals surface area contributed by atoms with Gasteiger partial charge in [0.05, 0.1) is 4.21 Å². The van der Waals surface area contributed by atoms with E-state index in [-0.39, 0.29) is 0 Å². The molecule has 1 atom stereocenters. The van der Waals surface area contributed by atoms with E-state index in [1.165, 1.54) is 22.8 Å². The highest BCUT2D eigenvalue weighted by Crippen LogP contribution is 2.24. The van der Waals surface area contributed by atoms with E-state index in [1.807, 2.05) is 23.1 Å². The predicted molar refractivity (Wildman–Crippen MR) is 62.8 cm³/mol. The van der Waals surface area contributed by atoms with Crippen molar-refractivity contribution in [2.45, 2.75) is 30.0 Å². The van der Waals surface area contributed by atoms with Gasteiger partial charge in [0.2, 0.25) is 0 Å². The lowest BCUT2D eigenvalue weighted by atomic mass is 10.2. The molecule has 0 bridgehead atoms. The molecule has 1 N–H and O–H groups in total. The molecule has 3 heteroatoms. The van der Waals surface area contributed by atoms with Crippen LogP contribution in [0.2, 0.25) is 0 Å². The molecule has 0 saturated heterocycles. The fourth-order valence-corrected chi connectivity index (χ4v) is 3.15. The Morgan fingerprint density at radius 1 is 1.62 bits per heavy atom. The van der Waals surface area contributed by atoms with Crippen molar-refractivity contribution >= 4 is 23.1 Å². The molecular weight excluding hydrogens is 198 g/mol. The zero-order valence-corrected chi connectivity index (χ0v) is 9.88. The Kier molecular flexibility index (Phi) is 5.51. The Balaban J connectivity index is 2.23. The van der Waals surface area contributed by atoms with Gasteiger partial charge in [-0.05, 0) is 24.9 Å². The second-order valence-corrected chi connectivity index (χ2v) is 5.29. The molecule has 1 rings (SSSR count). The van der Waals surface area contributed by atoms with E-state index in [0.717, 1.165) is 0 Å². The molecule has 1 aromatic rings. The minimum atomic E-state index is 0.664. The maximum absolute atomic E-state index is 3.35. The van der Waals surface area contributed by atoms with Gasteiger partial charge >= 0.3 is 0 Å². The Bertz CT molecular complexity index is 209. The van der Waals surface area contributed by atoms with Crippen LogP contribution in [-0.4, -0.2) is 18.8 Å². The first kappa shape index (κ1) is 11.1. The first-order valence-corrected chi connectivity index (χ1v) is 6.57. The molecule has 13 heavy (non-hydrogen) atoms. The molecule has 0 radical (unpaired) electrons. The van der Waals surface area contributed by atoms with Gasteiger partial charge in [0, 0.05) is 11.8 Å². The first-order valence-electron chi connectivity index (χ1n) is 4.70. The molecule has 0 amide bonds. The molecule has 0 spiro atoms. The lowest BCUT2D eigenvalue weighted by Crippen LogP contribution is -2.27. The molecule has 0 fully saturated rings. The summed E-state index contributed by atoms with van der Waals surface area (Å²) in [7, 11) is 2.05. The van der Waals surface area contributed by atoms with Crippen LogP contribution >= 0.6 is 23.1 Å². The van der Waals surface area contributed by atoms with Crippen molar-refractivity contribution in [1.82, 2.24) is 5.32 Å². The van der Waals surface area contributed by atoms with Gasteiger partial charge in [0.1, 0.15) is 0 Å². The van der Waals surface area contributed by atoms with Gasteiger partial charge in [0.15, 0.2) is 0 Å². The molecule has 0 aliphatic carbocycles. The summed E-state index contributed by atoms with van der Waals surface area (Å²) < 4.78 is 1.43. The zero-order chi connectivity index (χ0) is 9.52. The summed E-state index contributed by atoms with van der Waals surface area (Å²) in [6, 6.07) is 4.96. The van der Waals surface area contributed by atoms with Crippen LogP contribution in [0.25, 0.3) is 0 Å². The second-order valence-electron chi connectivity index (χ2n) is 3.02. The molecule has 74 valence electrons. The van der Waals surface area contributed by atoms with Crippen molar-refractivity contribution < 1.29 is 0 Å². The van der Waals surface area contributed by atoms with Crippen molar-refractivity contribution in [2.24, 2.45) is 0 Å². The minimum Gasteiger partial charge on any atom is -0.316 e. The molecule has 1 nitrogen and oxygen atoms in total. The number of hydrogen-bond acceptors (Lipinski definition) is 3. The standard InChI is InChI=1S/C10H17NS2/c1-3-5-9(11-2)8-13-10-6-4-7-12-10/h4,6-7,9,11H,3,5,8H2,1-2H3. The van der Waals surface area contributed by atoms with E-state index >= 15 is 0 Å². The SMILES string of the molecule is CCCC(CSc1cccs1)NC. The Labute approximate surface area is 88.9 Å². The normalized spacial score (nSPS) is 13.1. The molecular formula is C10H17NS2. The molecule has 0 aliphatic rings. The van der Waals surface area contributed by atoms with Crippen LogP contribution in [0, 0.1) is 0 Å². The quantitative estimate of drug-likeness (QED) is 0.731. The maximum Gasteiger partial charge on any atom is 0.0599 e. The van der Waals surface area contributed by atoms with Gasteiger partial charge < -0.3 is 5.32 Å². The summed E-state index contributed by atoms with van der Waals surface area (Å²) >= 11 is 3.78. The Hall–Kier alpha value is 0.01000. The van der Waals surface area contributed by atoms with Crippen LogP contribution in [0.4, 0.5) is 0 Å². The summed E-state index contributed by atoms with van der Waals surface area (Å²) in [5.41, 5.74) is 0. The summed E-state index contributed by atoms with van der Waals surface area (Å²) in [6.45, 7) is 2.24. The molecule has 0 aromatic carbocycles. The number of thioether (sulfide) groups is 1. The van der Waals surface area contributed by atoms with E-state index in [4.69, 9.17) is 0 Å². The van der Waals surface area contributed by atoms with Crippen LogP contribution in [0.1, 0.15) is 19.8 Å². The first-order chi connectivity index (χ1) is 6.36. The van der Waals surface area contributed by atoms with Crippen LogP contribution in [0.5, 0.6) is 0 Å². The van der Waals surface area contributed by atoms with Crippen LogP contribution in [0.15, 0.2) is 21.7 Å². The highest BCUT2D eigenvalue weighted by atomic mass is 32.2. The summed E-state index contributed by atoms with van der Waals surface area (Å²) in [5.74, 6) is 1.19. The fraction of sp³-hybridized carbons (Fsp3) is 0.600. The summed E-state index contributed by atoms with van der Waals surface area (Å²) in [6.07, 6.45) is 2.53. The van der Waals surface area contributed by atoms with Gasteiger partial charge in [-0.2, -0.15) is 0 Å². The number of hydrogen-bond donors (Lipinski definition) is 1. The third-order valence-corrected chi connectivity index (χ3v) is 4.26. The molecule has 1 heterocycles. The highest BCUT2D eigenvalue weighted by Gasteiger charge is 2.05. The number of nitrogens with one attached hydrogen (secondary N) is 1. The van der Waals surface area contributed by atoms with E-state index in [0.29, 0.717) is 6.04 Å². The lowest BCUT2D eigenvalue weighted by molar-refractivity contribution is 0.565. The van der Waals surface area contributed by atoms with Crippen LogP contribution < -0.4 is 5.32 Å². The summed E-state index contributed by atoms with van der Waals surface area (Å²) in [4.78, 5) is 0. The average Bonchev–Trinajstić information content (AvgIpc) is 2.64. The van der Waals surface area contributed by atoms with Crippen molar-refractivity contribution in [1.29, 1.82) is 0 Å².